The summed E-state index contributed by atoms with van der Waals surface area (Å²) in [6, 6.07) is 6.47. The maximum atomic E-state index is 11.5. The van der Waals surface area contributed by atoms with Gasteiger partial charge in [0.05, 0.1) is 13.0 Å². The lowest BCUT2D eigenvalue weighted by molar-refractivity contribution is -0.130. The fourth-order valence-corrected chi connectivity index (χ4v) is 1.19. The molecule has 0 aliphatic heterocycles. The molecule has 0 heterocycles. The maximum absolute atomic E-state index is 11.5. The molecule has 0 aromatic heterocycles. The lowest BCUT2D eigenvalue weighted by atomic mass is 10.1. The lowest BCUT2D eigenvalue weighted by Gasteiger charge is -2.13. The first-order chi connectivity index (χ1) is 7.67. The monoisotopic (exact) mass is 219 g/mol. The molecule has 0 radical (unpaired) electrons. The Kier molecular flexibility index (Phi) is 4.35. The summed E-state index contributed by atoms with van der Waals surface area (Å²) < 4.78 is 0. The summed E-state index contributed by atoms with van der Waals surface area (Å²) in [6.07, 6.45) is 1.75. The molecule has 5 nitrogen and oxygen atoms in total. The van der Waals surface area contributed by atoms with Gasteiger partial charge < -0.3 is 0 Å². The molecule has 5 heteroatoms. The van der Waals surface area contributed by atoms with Crippen LogP contribution in [0.2, 0.25) is 0 Å². The lowest BCUT2D eigenvalue weighted by Crippen LogP contribution is -2.38. The first kappa shape index (κ1) is 12.1. The van der Waals surface area contributed by atoms with Crippen LogP contribution in [-0.4, -0.2) is 17.5 Å². The van der Waals surface area contributed by atoms with Gasteiger partial charge in [0.2, 0.25) is 5.91 Å². The van der Waals surface area contributed by atoms with Crippen molar-refractivity contribution in [1.29, 1.82) is 0 Å². The van der Waals surface area contributed by atoms with Crippen LogP contribution >= 0.6 is 0 Å². The van der Waals surface area contributed by atoms with Crippen LogP contribution in [0, 0.1) is 4.91 Å². The van der Waals surface area contributed by atoms with E-state index in [4.69, 9.17) is 5.84 Å². The van der Waals surface area contributed by atoms with E-state index in [0.717, 1.165) is 10.6 Å². The highest BCUT2D eigenvalue weighted by Crippen LogP contribution is 2.12. The van der Waals surface area contributed by atoms with Crippen molar-refractivity contribution in [3.05, 3.63) is 47.4 Å². The number of nitrogens with zero attached hydrogens (tertiary/aromatic N) is 2. The summed E-state index contributed by atoms with van der Waals surface area (Å²) in [4.78, 5) is 21.7. The van der Waals surface area contributed by atoms with Gasteiger partial charge in [0.25, 0.3) is 0 Å². The number of hydrogen-bond acceptors (Lipinski definition) is 4. The summed E-state index contributed by atoms with van der Waals surface area (Å²) in [5, 5.41) is 3.87. The molecule has 0 aliphatic rings. The van der Waals surface area contributed by atoms with Crippen LogP contribution in [0.25, 0.3) is 0 Å². The van der Waals surface area contributed by atoms with E-state index in [0.29, 0.717) is 12.2 Å². The number of nitroso groups, excluding NO2 is 1. The van der Waals surface area contributed by atoms with E-state index in [1.54, 1.807) is 30.3 Å². The van der Waals surface area contributed by atoms with E-state index in [-0.39, 0.29) is 12.3 Å². The Morgan fingerprint density at radius 1 is 1.44 bits per heavy atom. The molecule has 1 aromatic rings. The minimum Gasteiger partial charge on any atom is -0.277 e. The smallest absolute Gasteiger partial charge is 0.241 e. The second-order valence-electron chi connectivity index (χ2n) is 3.27. The third-order valence-corrected chi connectivity index (χ3v) is 2.04. The molecule has 0 unspecified atom stereocenters. The highest BCUT2D eigenvalue weighted by Gasteiger charge is 2.08. The topological polar surface area (TPSA) is 75.8 Å². The summed E-state index contributed by atoms with van der Waals surface area (Å²) in [7, 11) is 0. The van der Waals surface area contributed by atoms with E-state index >= 15 is 0 Å². The molecule has 1 amide bonds. The molecular weight excluding hydrogens is 206 g/mol. The third kappa shape index (κ3) is 3.29. The number of hydrogen-bond donors (Lipinski definition) is 1. The number of benzene rings is 1. The largest absolute Gasteiger partial charge is 0.277 e. The minimum absolute atomic E-state index is 0.198. The van der Waals surface area contributed by atoms with Crippen molar-refractivity contribution in [2.24, 2.45) is 11.0 Å². The van der Waals surface area contributed by atoms with Crippen molar-refractivity contribution in [2.75, 3.05) is 6.54 Å². The Morgan fingerprint density at radius 2 is 2.06 bits per heavy atom. The van der Waals surface area contributed by atoms with E-state index in [2.05, 4.69) is 11.8 Å². The van der Waals surface area contributed by atoms with Crippen molar-refractivity contribution in [3.63, 3.8) is 0 Å². The van der Waals surface area contributed by atoms with Crippen molar-refractivity contribution < 1.29 is 4.79 Å². The molecule has 0 saturated carbocycles. The van der Waals surface area contributed by atoms with Crippen LogP contribution in [0.15, 0.2) is 42.1 Å². The van der Waals surface area contributed by atoms with Crippen molar-refractivity contribution in [2.45, 2.75) is 6.42 Å². The number of nitrogens with two attached hydrogens (primary N) is 1. The average Bonchev–Trinajstić information content (AvgIpc) is 2.30. The van der Waals surface area contributed by atoms with Crippen molar-refractivity contribution in [1.82, 2.24) is 5.01 Å². The van der Waals surface area contributed by atoms with Crippen LogP contribution in [0.4, 0.5) is 5.69 Å². The minimum atomic E-state index is -0.202. The molecular formula is C11H13N3O2. The normalized spacial score (nSPS) is 9.56. The van der Waals surface area contributed by atoms with E-state index in [9.17, 15) is 9.70 Å². The predicted octanol–water partition coefficient (Wildman–Crippen LogP) is 1.52. The molecule has 84 valence electrons. The van der Waals surface area contributed by atoms with Gasteiger partial charge >= 0.3 is 0 Å². The number of carbonyl (C=O) groups excluding carboxylic acids is 1. The first-order valence-corrected chi connectivity index (χ1v) is 4.75. The predicted molar refractivity (Wildman–Crippen MR) is 61.7 cm³/mol. The molecule has 2 N–H and O–H groups in total. The van der Waals surface area contributed by atoms with Crippen LogP contribution in [0.3, 0.4) is 0 Å². The van der Waals surface area contributed by atoms with Crippen molar-refractivity contribution >= 4 is 11.6 Å². The van der Waals surface area contributed by atoms with Gasteiger partial charge in [0, 0.05) is 0 Å². The molecule has 16 heavy (non-hydrogen) atoms. The van der Waals surface area contributed by atoms with Gasteiger partial charge in [-0.3, -0.25) is 9.80 Å². The van der Waals surface area contributed by atoms with Gasteiger partial charge in [0.1, 0.15) is 5.69 Å². The van der Waals surface area contributed by atoms with Gasteiger partial charge in [-0.2, -0.15) is 0 Å². The van der Waals surface area contributed by atoms with E-state index in [1.165, 1.54) is 0 Å². The van der Waals surface area contributed by atoms with Gasteiger partial charge in [-0.05, 0) is 22.9 Å². The fraction of sp³-hybridized carbons (Fsp3) is 0.182. The SMILES string of the molecule is C=CCN(N)C(=O)Cc1ccc(N=O)cc1. The second kappa shape index (κ2) is 5.77. The Bertz CT molecular complexity index is 387. The van der Waals surface area contributed by atoms with Crippen LogP contribution in [-0.2, 0) is 11.2 Å². The molecule has 1 aromatic carbocycles. The van der Waals surface area contributed by atoms with Crippen LogP contribution < -0.4 is 5.84 Å². The first-order valence-electron chi connectivity index (χ1n) is 4.75. The quantitative estimate of drug-likeness (QED) is 0.268. The summed E-state index contributed by atoms with van der Waals surface area (Å²) >= 11 is 0. The molecule has 0 aliphatic carbocycles. The Morgan fingerprint density at radius 3 is 2.56 bits per heavy atom. The summed E-state index contributed by atoms with van der Waals surface area (Å²) in [5.74, 6) is 5.27. The van der Waals surface area contributed by atoms with Crippen molar-refractivity contribution in [3.8, 4) is 0 Å². The zero-order valence-corrected chi connectivity index (χ0v) is 8.80. The molecule has 1 rings (SSSR count). The van der Waals surface area contributed by atoms with Crippen LogP contribution in [0.1, 0.15) is 5.56 Å². The van der Waals surface area contributed by atoms with Gasteiger partial charge in [-0.1, -0.05) is 18.2 Å². The second-order valence-corrected chi connectivity index (χ2v) is 3.27. The highest BCUT2D eigenvalue weighted by atomic mass is 16.3. The molecule has 0 bridgehead atoms. The Balaban J connectivity index is 2.62. The maximum Gasteiger partial charge on any atom is 0.241 e. The molecule has 0 fully saturated rings. The van der Waals surface area contributed by atoms with E-state index < -0.39 is 0 Å². The fourth-order valence-electron chi connectivity index (χ4n) is 1.19. The number of carbonyl (C=O) groups is 1. The Hall–Kier alpha value is -2.01. The Labute approximate surface area is 93.5 Å². The van der Waals surface area contributed by atoms with Gasteiger partial charge in [-0.25, -0.2) is 5.84 Å². The highest BCUT2D eigenvalue weighted by molar-refractivity contribution is 5.78. The number of amides is 1. The van der Waals surface area contributed by atoms with E-state index in [1.807, 2.05) is 0 Å². The van der Waals surface area contributed by atoms with Gasteiger partial charge in [0.15, 0.2) is 0 Å². The summed E-state index contributed by atoms with van der Waals surface area (Å²) in [6.45, 7) is 3.80. The number of hydrazine groups is 1. The van der Waals surface area contributed by atoms with Crippen LogP contribution in [0.5, 0.6) is 0 Å². The van der Waals surface area contributed by atoms with Gasteiger partial charge in [-0.15, -0.1) is 11.5 Å². The molecule has 0 saturated heterocycles. The average molecular weight is 219 g/mol. The number of rotatable bonds is 5. The zero-order chi connectivity index (χ0) is 12.0. The third-order valence-electron chi connectivity index (χ3n) is 2.04. The molecule has 0 spiro atoms. The molecule has 0 atom stereocenters. The zero-order valence-electron chi connectivity index (χ0n) is 8.80. The standard InChI is InChI=1S/C11H13N3O2/c1-2-7-14(12)11(15)8-9-3-5-10(13-16)6-4-9/h2-6H,1,7-8,12H2. The summed E-state index contributed by atoms with van der Waals surface area (Å²) in [5.41, 5.74) is 1.13.